The van der Waals surface area contributed by atoms with Gasteiger partial charge in [-0.15, -0.1) is 0 Å². The Kier molecular flexibility index (Phi) is 7.99. The van der Waals surface area contributed by atoms with Crippen molar-refractivity contribution in [2.45, 2.75) is 44.4 Å². The summed E-state index contributed by atoms with van der Waals surface area (Å²) < 4.78 is 24.9. The molecule has 0 radical (unpaired) electrons. The van der Waals surface area contributed by atoms with Gasteiger partial charge in [-0.2, -0.15) is 0 Å². The summed E-state index contributed by atoms with van der Waals surface area (Å²) in [4.78, 5) is 15.9. The minimum Gasteiger partial charge on any atom is -0.494 e. The van der Waals surface area contributed by atoms with Crippen LogP contribution >= 0.6 is 0 Å². The molecule has 5 nitrogen and oxygen atoms in total. The maximum Gasteiger partial charge on any atom is 0.235 e. The van der Waals surface area contributed by atoms with Gasteiger partial charge in [-0.3, -0.25) is 4.79 Å². The molecule has 2 aliphatic heterocycles. The van der Waals surface area contributed by atoms with E-state index in [1.54, 1.807) is 12.1 Å². The van der Waals surface area contributed by atoms with Gasteiger partial charge in [0.1, 0.15) is 11.6 Å². The Labute approximate surface area is 196 Å². The minimum absolute atomic E-state index is 0.0815. The number of ether oxygens (including phenoxy) is 2. The fraction of sp³-hybridized carbons (Fsp3) is 0.519. The van der Waals surface area contributed by atoms with E-state index in [2.05, 4.69) is 17.1 Å². The van der Waals surface area contributed by atoms with E-state index in [0.717, 1.165) is 35.9 Å². The van der Waals surface area contributed by atoms with Gasteiger partial charge in [-0.25, -0.2) is 4.39 Å². The average Bonchev–Trinajstić information content (AvgIpc) is 2.85. The summed E-state index contributed by atoms with van der Waals surface area (Å²) >= 11 is 0. The van der Waals surface area contributed by atoms with Crippen LogP contribution in [0.4, 0.5) is 10.1 Å². The smallest absolute Gasteiger partial charge is 0.235 e. The summed E-state index contributed by atoms with van der Waals surface area (Å²) in [5.41, 5.74) is 0.837. The van der Waals surface area contributed by atoms with Gasteiger partial charge < -0.3 is 19.7 Å². The quantitative estimate of drug-likeness (QED) is 0.570. The van der Waals surface area contributed by atoms with Crippen molar-refractivity contribution in [1.29, 1.82) is 0 Å². The Balaban J connectivity index is 1.30. The van der Waals surface area contributed by atoms with Crippen LogP contribution in [0.2, 0.25) is 0 Å². The fourth-order valence-corrected chi connectivity index (χ4v) is 4.78. The molecule has 2 saturated heterocycles. The Morgan fingerprint density at radius 1 is 1.09 bits per heavy atom. The van der Waals surface area contributed by atoms with Gasteiger partial charge in [0.2, 0.25) is 5.91 Å². The third-order valence-electron chi connectivity index (χ3n) is 7.05. The van der Waals surface area contributed by atoms with Gasteiger partial charge in [0, 0.05) is 25.4 Å². The van der Waals surface area contributed by atoms with Gasteiger partial charge in [-0.1, -0.05) is 19.1 Å². The predicted octanol–water partition coefficient (Wildman–Crippen LogP) is 5.01. The van der Waals surface area contributed by atoms with Crippen molar-refractivity contribution >= 4 is 11.6 Å². The summed E-state index contributed by atoms with van der Waals surface area (Å²) in [6.07, 6.45) is 4.74. The van der Waals surface area contributed by atoms with Crippen LogP contribution < -0.4 is 10.1 Å². The van der Waals surface area contributed by atoms with Crippen molar-refractivity contribution in [3.8, 4) is 5.75 Å². The summed E-state index contributed by atoms with van der Waals surface area (Å²) in [6.45, 7) is 7.50. The number of piperidine rings is 1. The molecule has 178 valence electrons. The molecule has 0 bridgehead atoms. The van der Waals surface area contributed by atoms with Gasteiger partial charge in [0.25, 0.3) is 0 Å². The van der Waals surface area contributed by atoms with E-state index < -0.39 is 5.41 Å². The Bertz CT molecular complexity index is 887. The molecule has 0 atom stereocenters. The van der Waals surface area contributed by atoms with Crippen LogP contribution in [0.5, 0.6) is 5.75 Å². The molecule has 1 amide bonds. The standard InChI is InChI=1S/C27H35FN2O3/c1-21-11-16-30(17-12-21)15-2-18-33-25-9-7-24(8-10-25)29-26(31)27(13-19-32-20-14-27)22-3-5-23(28)6-4-22/h3-10,21H,2,11-20H2,1H3,(H,29,31). The highest BCUT2D eigenvalue weighted by Gasteiger charge is 2.41. The second kappa shape index (κ2) is 11.1. The molecule has 1 N–H and O–H groups in total. The zero-order valence-electron chi connectivity index (χ0n) is 19.5. The lowest BCUT2D eigenvalue weighted by Gasteiger charge is -2.36. The SMILES string of the molecule is CC1CCN(CCCOc2ccc(NC(=O)C3(c4ccc(F)cc4)CCOCC3)cc2)CC1. The van der Waals surface area contributed by atoms with E-state index in [1.807, 2.05) is 24.3 Å². The Morgan fingerprint density at radius 2 is 1.76 bits per heavy atom. The summed E-state index contributed by atoms with van der Waals surface area (Å²) in [7, 11) is 0. The third kappa shape index (κ3) is 6.12. The molecule has 4 rings (SSSR count). The molecule has 2 aliphatic rings. The molecule has 0 spiro atoms. The van der Waals surface area contributed by atoms with Crippen molar-refractivity contribution in [2.75, 3.05) is 44.8 Å². The number of halogens is 1. The molecule has 0 saturated carbocycles. The highest BCUT2D eigenvalue weighted by atomic mass is 19.1. The number of likely N-dealkylation sites (tertiary alicyclic amines) is 1. The van der Waals surface area contributed by atoms with Crippen LogP contribution in [0.15, 0.2) is 48.5 Å². The molecule has 2 aromatic carbocycles. The molecule has 0 unspecified atom stereocenters. The molecular formula is C27H35FN2O3. The van der Waals surface area contributed by atoms with E-state index in [-0.39, 0.29) is 11.7 Å². The Hall–Kier alpha value is -2.44. The lowest BCUT2D eigenvalue weighted by molar-refractivity contribution is -0.125. The van der Waals surface area contributed by atoms with Crippen molar-refractivity contribution in [3.05, 3.63) is 59.9 Å². The van der Waals surface area contributed by atoms with Crippen molar-refractivity contribution < 1.29 is 18.7 Å². The molecule has 33 heavy (non-hydrogen) atoms. The van der Waals surface area contributed by atoms with Gasteiger partial charge >= 0.3 is 0 Å². The zero-order chi connectivity index (χ0) is 23.1. The van der Waals surface area contributed by atoms with Gasteiger partial charge in [0.15, 0.2) is 0 Å². The number of nitrogens with zero attached hydrogens (tertiary/aromatic N) is 1. The van der Waals surface area contributed by atoms with E-state index >= 15 is 0 Å². The van der Waals surface area contributed by atoms with Crippen LogP contribution in [0, 0.1) is 11.7 Å². The van der Waals surface area contributed by atoms with Crippen LogP contribution in [-0.2, 0) is 14.9 Å². The van der Waals surface area contributed by atoms with E-state index in [0.29, 0.717) is 32.7 Å². The predicted molar refractivity (Wildman–Crippen MR) is 128 cm³/mol. The second-order valence-corrected chi connectivity index (χ2v) is 9.41. The number of carbonyl (C=O) groups excluding carboxylic acids is 1. The lowest BCUT2D eigenvalue weighted by Crippen LogP contribution is -2.44. The van der Waals surface area contributed by atoms with E-state index in [1.165, 1.54) is 38.1 Å². The zero-order valence-corrected chi connectivity index (χ0v) is 19.5. The maximum atomic E-state index is 13.4. The number of anilines is 1. The third-order valence-corrected chi connectivity index (χ3v) is 7.05. The van der Waals surface area contributed by atoms with Gasteiger partial charge in [0.05, 0.1) is 12.0 Å². The first kappa shape index (κ1) is 23.7. The van der Waals surface area contributed by atoms with E-state index in [4.69, 9.17) is 9.47 Å². The number of carbonyl (C=O) groups is 1. The number of rotatable bonds is 8. The highest BCUT2D eigenvalue weighted by molar-refractivity contribution is 5.99. The topological polar surface area (TPSA) is 50.8 Å². The van der Waals surface area contributed by atoms with Crippen molar-refractivity contribution in [3.63, 3.8) is 0 Å². The maximum absolute atomic E-state index is 13.4. The summed E-state index contributed by atoms with van der Waals surface area (Å²) in [5.74, 6) is 1.28. The molecule has 0 aromatic heterocycles. The van der Waals surface area contributed by atoms with Gasteiger partial charge in [-0.05, 0) is 93.1 Å². The summed E-state index contributed by atoms with van der Waals surface area (Å²) in [6, 6.07) is 13.8. The number of amides is 1. The summed E-state index contributed by atoms with van der Waals surface area (Å²) in [5, 5.41) is 3.06. The lowest BCUT2D eigenvalue weighted by atomic mass is 9.73. The highest BCUT2D eigenvalue weighted by Crippen LogP contribution is 2.36. The molecule has 6 heteroatoms. The Morgan fingerprint density at radius 3 is 2.42 bits per heavy atom. The largest absolute Gasteiger partial charge is 0.494 e. The number of nitrogens with one attached hydrogen (secondary N) is 1. The first-order valence-electron chi connectivity index (χ1n) is 12.2. The minimum atomic E-state index is -0.715. The number of hydrogen-bond acceptors (Lipinski definition) is 4. The first-order chi connectivity index (χ1) is 16.0. The van der Waals surface area contributed by atoms with Crippen LogP contribution in [0.3, 0.4) is 0 Å². The fourth-order valence-electron chi connectivity index (χ4n) is 4.78. The van der Waals surface area contributed by atoms with Crippen LogP contribution in [-0.4, -0.2) is 50.3 Å². The normalized spacial score (nSPS) is 19.2. The second-order valence-electron chi connectivity index (χ2n) is 9.41. The van der Waals surface area contributed by atoms with Crippen LogP contribution in [0.1, 0.15) is 44.6 Å². The monoisotopic (exact) mass is 454 g/mol. The molecule has 0 aliphatic carbocycles. The van der Waals surface area contributed by atoms with Crippen LogP contribution in [0.25, 0.3) is 0 Å². The number of hydrogen-bond donors (Lipinski definition) is 1. The molecule has 2 aromatic rings. The first-order valence-corrected chi connectivity index (χ1v) is 12.2. The van der Waals surface area contributed by atoms with Crippen molar-refractivity contribution in [2.24, 2.45) is 5.92 Å². The average molecular weight is 455 g/mol. The van der Waals surface area contributed by atoms with E-state index in [9.17, 15) is 9.18 Å². The van der Waals surface area contributed by atoms with Crippen molar-refractivity contribution in [1.82, 2.24) is 4.90 Å². The number of benzene rings is 2. The molecular weight excluding hydrogens is 419 g/mol. The molecule has 2 heterocycles. The molecule has 2 fully saturated rings.